The number of hydrogen-bond acceptors (Lipinski definition) is 4. The quantitative estimate of drug-likeness (QED) is 0.903. The number of hydrogen-bond donors (Lipinski definition) is 1. The molecule has 1 aromatic carbocycles. The van der Waals surface area contributed by atoms with E-state index in [1.807, 2.05) is 11.8 Å². The lowest BCUT2D eigenvalue weighted by Gasteiger charge is -2.31. The maximum absolute atomic E-state index is 12.3. The highest BCUT2D eigenvalue weighted by atomic mass is 16.5. The van der Waals surface area contributed by atoms with Gasteiger partial charge in [0.2, 0.25) is 0 Å². The van der Waals surface area contributed by atoms with Gasteiger partial charge in [0.15, 0.2) is 0 Å². The molecule has 2 aliphatic rings. The smallest absolute Gasteiger partial charge is 0.317 e. The first-order valence-electron chi connectivity index (χ1n) is 9.16. The van der Waals surface area contributed by atoms with Crippen molar-refractivity contribution in [3.8, 4) is 0 Å². The Morgan fingerprint density at radius 3 is 2.60 bits per heavy atom. The summed E-state index contributed by atoms with van der Waals surface area (Å²) >= 11 is 0. The van der Waals surface area contributed by atoms with E-state index in [0.717, 1.165) is 31.8 Å². The van der Waals surface area contributed by atoms with E-state index in [1.165, 1.54) is 5.56 Å². The number of nitrogens with one attached hydrogen (secondary N) is 1. The predicted octanol–water partition coefficient (Wildman–Crippen LogP) is 1.84. The van der Waals surface area contributed by atoms with E-state index in [9.17, 15) is 4.79 Å². The number of ether oxygens (including phenoxy) is 2. The van der Waals surface area contributed by atoms with Gasteiger partial charge in [0.05, 0.1) is 25.4 Å². The molecule has 0 saturated carbocycles. The van der Waals surface area contributed by atoms with Gasteiger partial charge in [-0.25, -0.2) is 4.79 Å². The van der Waals surface area contributed by atoms with Crippen molar-refractivity contribution in [2.75, 3.05) is 39.4 Å². The Labute approximate surface area is 150 Å². The molecule has 6 nitrogen and oxygen atoms in total. The Hall–Kier alpha value is -1.63. The molecule has 2 heterocycles. The standard InChI is InChI=1S/C19H29N3O3/c1-15-12-21(6-8-24-15)14-18-5-3-4-17(10-18)11-20-19(23)22-7-9-25-16(2)13-22/h3-5,10,15-16H,6-9,11-14H2,1-2H3,(H,20,23)/t15-,16-/m1/s1. The van der Waals surface area contributed by atoms with Crippen LogP contribution < -0.4 is 5.32 Å². The van der Waals surface area contributed by atoms with Crippen LogP contribution in [0.2, 0.25) is 0 Å². The van der Waals surface area contributed by atoms with Crippen LogP contribution in [0.1, 0.15) is 25.0 Å². The fourth-order valence-electron chi connectivity index (χ4n) is 3.42. The van der Waals surface area contributed by atoms with Crippen molar-refractivity contribution in [3.05, 3.63) is 35.4 Å². The molecule has 0 radical (unpaired) electrons. The molecule has 0 spiro atoms. The van der Waals surface area contributed by atoms with Crippen LogP contribution in [0.5, 0.6) is 0 Å². The largest absolute Gasteiger partial charge is 0.376 e. The van der Waals surface area contributed by atoms with Crippen molar-refractivity contribution in [1.82, 2.24) is 15.1 Å². The van der Waals surface area contributed by atoms with Gasteiger partial charge in [-0.15, -0.1) is 0 Å². The second kappa shape index (κ2) is 8.65. The lowest BCUT2D eigenvalue weighted by molar-refractivity contribution is -0.0212. The third kappa shape index (κ3) is 5.42. The zero-order valence-corrected chi connectivity index (χ0v) is 15.2. The summed E-state index contributed by atoms with van der Waals surface area (Å²) in [5.74, 6) is 0. The molecular formula is C19H29N3O3. The van der Waals surface area contributed by atoms with Gasteiger partial charge in [-0.05, 0) is 25.0 Å². The van der Waals surface area contributed by atoms with Crippen LogP contribution in [0.15, 0.2) is 24.3 Å². The molecule has 1 N–H and O–H groups in total. The highest BCUT2D eigenvalue weighted by Gasteiger charge is 2.21. The number of nitrogens with zero attached hydrogens (tertiary/aromatic N) is 2. The minimum Gasteiger partial charge on any atom is -0.376 e. The Morgan fingerprint density at radius 2 is 1.84 bits per heavy atom. The van der Waals surface area contributed by atoms with Gasteiger partial charge < -0.3 is 19.7 Å². The van der Waals surface area contributed by atoms with Gasteiger partial charge in [-0.2, -0.15) is 0 Å². The summed E-state index contributed by atoms with van der Waals surface area (Å²) in [7, 11) is 0. The van der Waals surface area contributed by atoms with Gasteiger partial charge in [-0.1, -0.05) is 24.3 Å². The maximum Gasteiger partial charge on any atom is 0.317 e. The zero-order chi connectivity index (χ0) is 17.6. The van der Waals surface area contributed by atoms with Gasteiger partial charge in [0, 0.05) is 39.3 Å². The molecule has 0 aromatic heterocycles. The first-order chi connectivity index (χ1) is 12.1. The minimum atomic E-state index is -0.0115. The molecule has 1 aromatic rings. The van der Waals surface area contributed by atoms with Gasteiger partial charge >= 0.3 is 6.03 Å². The monoisotopic (exact) mass is 347 g/mol. The van der Waals surface area contributed by atoms with Crippen LogP contribution in [-0.2, 0) is 22.6 Å². The van der Waals surface area contributed by atoms with Crippen LogP contribution in [0.3, 0.4) is 0 Å². The summed E-state index contributed by atoms with van der Waals surface area (Å²) in [6.07, 6.45) is 0.408. The van der Waals surface area contributed by atoms with Crippen LogP contribution in [-0.4, -0.2) is 67.4 Å². The van der Waals surface area contributed by atoms with Crippen LogP contribution >= 0.6 is 0 Å². The van der Waals surface area contributed by atoms with Gasteiger partial charge in [0.1, 0.15) is 0 Å². The predicted molar refractivity (Wildman–Crippen MR) is 96.4 cm³/mol. The minimum absolute atomic E-state index is 0.0115. The second-order valence-electron chi connectivity index (χ2n) is 7.02. The normalized spacial score (nSPS) is 25.0. The number of carbonyl (C=O) groups excluding carboxylic acids is 1. The van der Waals surface area contributed by atoms with E-state index in [2.05, 4.69) is 41.4 Å². The Bertz CT molecular complexity index is 581. The summed E-state index contributed by atoms with van der Waals surface area (Å²) in [5, 5.41) is 3.02. The molecule has 3 rings (SSSR count). The van der Waals surface area contributed by atoms with E-state index in [-0.39, 0.29) is 12.1 Å². The third-order valence-corrected chi connectivity index (χ3v) is 4.69. The van der Waals surface area contributed by atoms with Crippen molar-refractivity contribution >= 4 is 6.03 Å². The highest BCUT2D eigenvalue weighted by molar-refractivity contribution is 5.74. The van der Waals surface area contributed by atoms with E-state index >= 15 is 0 Å². The van der Waals surface area contributed by atoms with Crippen molar-refractivity contribution in [3.63, 3.8) is 0 Å². The van der Waals surface area contributed by atoms with E-state index < -0.39 is 0 Å². The van der Waals surface area contributed by atoms with Crippen molar-refractivity contribution in [2.45, 2.75) is 39.1 Å². The first kappa shape index (κ1) is 18.2. The summed E-state index contributed by atoms with van der Waals surface area (Å²) in [6.45, 7) is 10.3. The van der Waals surface area contributed by atoms with Gasteiger partial charge in [-0.3, -0.25) is 4.90 Å². The molecule has 2 aliphatic heterocycles. The number of morpholine rings is 2. The molecule has 2 fully saturated rings. The Kier molecular flexibility index (Phi) is 6.29. The van der Waals surface area contributed by atoms with E-state index in [4.69, 9.17) is 9.47 Å². The van der Waals surface area contributed by atoms with E-state index in [1.54, 1.807) is 0 Å². The average molecular weight is 347 g/mol. The molecule has 0 unspecified atom stereocenters. The second-order valence-corrected chi connectivity index (χ2v) is 7.02. The Morgan fingerprint density at radius 1 is 1.12 bits per heavy atom. The molecule has 2 atom stereocenters. The molecule has 2 saturated heterocycles. The molecule has 6 heteroatoms. The maximum atomic E-state index is 12.3. The van der Waals surface area contributed by atoms with Crippen molar-refractivity contribution < 1.29 is 14.3 Å². The number of carbonyl (C=O) groups is 1. The SMILES string of the molecule is C[C@@H]1CN(Cc2cccc(CNC(=O)N3CCO[C@H](C)C3)c2)CCO1. The number of benzene rings is 1. The Balaban J connectivity index is 1.50. The third-order valence-electron chi connectivity index (χ3n) is 4.69. The molecule has 25 heavy (non-hydrogen) atoms. The van der Waals surface area contributed by atoms with Crippen LogP contribution in [0, 0.1) is 0 Å². The number of amides is 2. The van der Waals surface area contributed by atoms with Crippen molar-refractivity contribution in [1.29, 1.82) is 0 Å². The zero-order valence-electron chi connectivity index (χ0n) is 15.2. The number of rotatable bonds is 4. The van der Waals surface area contributed by atoms with Crippen molar-refractivity contribution in [2.24, 2.45) is 0 Å². The molecule has 2 amide bonds. The molecule has 0 aliphatic carbocycles. The fraction of sp³-hybridized carbons (Fsp3) is 0.632. The van der Waals surface area contributed by atoms with Crippen LogP contribution in [0.4, 0.5) is 4.79 Å². The lowest BCUT2D eigenvalue weighted by Crippen LogP contribution is -2.48. The average Bonchev–Trinajstić information content (AvgIpc) is 2.60. The van der Waals surface area contributed by atoms with E-state index in [0.29, 0.717) is 32.3 Å². The number of urea groups is 1. The summed E-state index contributed by atoms with van der Waals surface area (Å²) in [6, 6.07) is 8.45. The van der Waals surface area contributed by atoms with Gasteiger partial charge in [0.25, 0.3) is 0 Å². The fourth-order valence-corrected chi connectivity index (χ4v) is 3.42. The molecular weight excluding hydrogens is 318 g/mol. The summed E-state index contributed by atoms with van der Waals surface area (Å²) in [4.78, 5) is 16.5. The lowest BCUT2D eigenvalue weighted by atomic mass is 10.1. The highest BCUT2D eigenvalue weighted by Crippen LogP contribution is 2.12. The molecule has 0 bridgehead atoms. The van der Waals surface area contributed by atoms with Crippen LogP contribution in [0.25, 0.3) is 0 Å². The summed E-state index contributed by atoms with van der Waals surface area (Å²) in [5.41, 5.74) is 2.41. The summed E-state index contributed by atoms with van der Waals surface area (Å²) < 4.78 is 11.1. The first-order valence-corrected chi connectivity index (χ1v) is 9.16. The topological polar surface area (TPSA) is 54.0 Å². The molecule has 138 valence electrons.